The van der Waals surface area contributed by atoms with E-state index in [0.717, 1.165) is 25.1 Å². The zero-order chi connectivity index (χ0) is 11.2. The molecule has 0 unspecified atom stereocenters. The third-order valence-corrected chi connectivity index (χ3v) is 3.32. The number of rotatable bonds is 5. The number of benzene rings is 1. The molecule has 92 valence electrons. The van der Waals surface area contributed by atoms with Crippen molar-refractivity contribution in [2.75, 3.05) is 6.54 Å². The number of nitrogens with one attached hydrogen (secondary N) is 1. The Bertz CT molecular complexity index is 431. The van der Waals surface area contributed by atoms with Crippen LogP contribution in [0.1, 0.15) is 10.4 Å². The number of thiophene rings is 1. The second-order valence-corrected chi connectivity index (χ2v) is 4.67. The van der Waals surface area contributed by atoms with E-state index >= 15 is 0 Å². The SMILES string of the molecule is Cl.Oc1ccccc1CCNCc1cccs1. The van der Waals surface area contributed by atoms with E-state index in [-0.39, 0.29) is 12.4 Å². The van der Waals surface area contributed by atoms with Crippen LogP contribution in [0.3, 0.4) is 0 Å². The van der Waals surface area contributed by atoms with Gasteiger partial charge in [0.2, 0.25) is 0 Å². The Kier molecular flexibility index (Phi) is 6.05. The molecular formula is C13H16ClNOS. The van der Waals surface area contributed by atoms with Crippen LogP contribution in [-0.4, -0.2) is 11.7 Å². The molecule has 2 N–H and O–H groups in total. The zero-order valence-electron chi connectivity index (χ0n) is 9.43. The van der Waals surface area contributed by atoms with Crippen LogP contribution in [0.25, 0.3) is 0 Å². The summed E-state index contributed by atoms with van der Waals surface area (Å²) in [5.74, 6) is 0.389. The molecule has 0 spiro atoms. The largest absolute Gasteiger partial charge is 0.508 e. The third kappa shape index (κ3) is 4.38. The molecule has 0 aliphatic rings. The van der Waals surface area contributed by atoms with Gasteiger partial charge in [0.25, 0.3) is 0 Å². The van der Waals surface area contributed by atoms with Crippen molar-refractivity contribution in [3.8, 4) is 5.75 Å². The molecule has 0 saturated carbocycles. The molecule has 0 aliphatic heterocycles. The van der Waals surface area contributed by atoms with Crippen LogP contribution in [0.5, 0.6) is 5.75 Å². The van der Waals surface area contributed by atoms with Gasteiger partial charge in [0, 0.05) is 11.4 Å². The summed E-state index contributed by atoms with van der Waals surface area (Å²) in [7, 11) is 0. The summed E-state index contributed by atoms with van der Waals surface area (Å²) in [5.41, 5.74) is 1.00. The molecule has 0 saturated heterocycles. The smallest absolute Gasteiger partial charge is 0.118 e. The number of hydrogen-bond acceptors (Lipinski definition) is 3. The molecule has 4 heteroatoms. The standard InChI is InChI=1S/C13H15NOS.ClH/c15-13-6-2-1-4-11(13)7-8-14-10-12-5-3-9-16-12;/h1-6,9,14-15H,7-8,10H2;1H. The van der Waals surface area contributed by atoms with Crippen LogP contribution in [0.15, 0.2) is 41.8 Å². The van der Waals surface area contributed by atoms with Crippen molar-refractivity contribution < 1.29 is 5.11 Å². The Labute approximate surface area is 112 Å². The van der Waals surface area contributed by atoms with Gasteiger partial charge in [-0.3, -0.25) is 0 Å². The predicted molar refractivity (Wildman–Crippen MR) is 75.1 cm³/mol. The van der Waals surface area contributed by atoms with Gasteiger partial charge in [-0.15, -0.1) is 23.7 Å². The molecule has 0 fully saturated rings. The highest BCUT2D eigenvalue weighted by molar-refractivity contribution is 7.09. The average molecular weight is 270 g/mol. The number of hydrogen-bond donors (Lipinski definition) is 2. The zero-order valence-corrected chi connectivity index (χ0v) is 11.1. The van der Waals surface area contributed by atoms with Crippen LogP contribution < -0.4 is 5.32 Å². The number of halogens is 1. The molecule has 2 nitrogen and oxygen atoms in total. The lowest BCUT2D eigenvalue weighted by Crippen LogP contribution is -2.15. The molecule has 0 aliphatic carbocycles. The lowest BCUT2D eigenvalue weighted by molar-refractivity contribution is 0.467. The van der Waals surface area contributed by atoms with E-state index < -0.39 is 0 Å². The molecule has 1 heterocycles. The minimum Gasteiger partial charge on any atom is -0.508 e. The minimum atomic E-state index is 0. The first-order valence-electron chi connectivity index (χ1n) is 5.36. The summed E-state index contributed by atoms with van der Waals surface area (Å²) in [5, 5.41) is 15.0. The highest BCUT2D eigenvalue weighted by Crippen LogP contribution is 2.15. The summed E-state index contributed by atoms with van der Waals surface area (Å²) < 4.78 is 0. The fraction of sp³-hybridized carbons (Fsp3) is 0.231. The lowest BCUT2D eigenvalue weighted by Gasteiger charge is -2.05. The quantitative estimate of drug-likeness (QED) is 0.817. The maximum absolute atomic E-state index is 9.57. The minimum absolute atomic E-state index is 0. The van der Waals surface area contributed by atoms with Crippen molar-refractivity contribution in [1.82, 2.24) is 5.32 Å². The Balaban J connectivity index is 0.00000144. The number of phenols is 1. The molecule has 0 amide bonds. The molecule has 0 atom stereocenters. The molecule has 17 heavy (non-hydrogen) atoms. The Morgan fingerprint density at radius 1 is 1.12 bits per heavy atom. The summed E-state index contributed by atoms with van der Waals surface area (Å²) in [6.45, 7) is 1.79. The van der Waals surface area contributed by atoms with Crippen molar-refractivity contribution in [3.05, 3.63) is 52.2 Å². The molecule has 0 bridgehead atoms. The van der Waals surface area contributed by atoms with Gasteiger partial charge in [-0.2, -0.15) is 0 Å². The topological polar surface area (TPSA) is 32.3 Å². The van der Waals surface area contributed by atoms with Gasteiger partial charge in [0.05, 0.1) is 0 Å². The second-order valence-electron chi connectivity index (χ2n) is 3.63. The van der Waals surface area contributed by atoms with Gasteiger partial charge in [-0.1, -0.05) is 24.3 Å². The van der Waals surface area contributed by atoms with E-state index in [4.69, 9.17) is 0 Å². The van der Waals surface area contributed by atoms with Crippen LogP contribution >= 0.6 is 23.7 Å². The van der Waals surface area contributed by atoms with Crippen molar-refractivity contribution in [2.45, 2.75) is 13.0 Å². The van der Waals surface area contributed by atoms with Crippen molar-refractivity contribution in [2.24, 2.45) is 0 Å². The first-order chi connectivity index (χ1) is 7.86. The number of phenolic OH excluding ortho intramolecular Hbond substituents is 1. The molecular weight excluding hydrogens is 254 g/mol. The first kappa shape index (κ1) is 14.0. The van der Waals surface area contributed by atoms with E-state index in [1.54, 1.807) is 17.4 Å². The average Bonchev–Trinajstić information content (AvgIpc) is 2.79. The Morgan fingerprint density at radius 2 is 1.94 bits per heavy atom. The van der Waals surface area contributed by atoms with Gasteiger partial charge in [-0.25, -0.2) is 0 Å². The fourth-order valence-electron chi connectivity index (χ4n) is 1.57. The molecule has 1 aromatic carbocycles. The Hall–Kier alpha value is -1.03. The normalized spacial score (nSPS) is 9.88. The lowest BCUT2D eigenvalue weighted by atomic mass is 10.1. The predicted octanol–water partition coefficient (Wildman–Crippen LogP) is 3.21. The van der Waals surface area contributed by atoms with Gasteiger partial charge >= 0.3 is 0 Å². The number of aromatic hydroxyl groups is 1. The first-order valence-corrected chi connectivity index (χ1v) is 6.24. The van der Waals surface area contributed by atoms with Crippen LogP contribution in [0.2, 0.25) is 0 Å². The maximum atomic E-state index is 9.57. The van der Waals surface area contributed by atoms with Gasteiger partial charge in [-0.05, 0) is 36.0 Å². The van der Waals surface area contributed by atoms with Gasteiger partial charge in [0.15, 0.2) is 0 Å². The highest BCUT2D eigenvalue weighted by Gasteiger charge is 1.99. The van der Waals surface area contributed by atoms with Crippen molar-refractivity contribution >= 4 is 23.7 Å². The van der Waals surface area contributed by atoms with E-state index in [1.807, 2.05) is 18.2 Å². The van der Waals surface area contributed by atoms with E-state index in [2.05, 4.69) is 22.8 Å². The maximum Gasteiger partial charge on any atom is 0.118 e. The van der Waals surface area contributed by atoms with Crippen LogP contribution in [-0.2, 0) is 13.0 Å². The monoisotopic (exact) mass is 269 g/mol. The fourth-order valence-corrected chi connectivity index (χ4v) is 2.24. The summed E-state index contributed by atoms with van der Waals surface area (Å²) >= 11 is 1.76. The molecule has 2 aromatic rings. The summed E-state index contributed by atoms with van der Waals surface area (Å²) in [4.78, 5) is 1.34. The van der Waals surface area contributed by atoms with Gasteiger partial charge in [0.1, 0.15) is 5.75 Å². The third-order valence-electron chi connectivity index (χ3n) is 2.44. The molecule has 2 rings (SSSR count). The van der Waals surface area contributed by atoms with E-state index in [1.165, 1.54) is 4.88 Å². The van der Waals surface area contributed by atoms with Gasteiger partial charge < -0.3 is 10.4 Å². The van der Waals surface area contributed by atoms with Crippen molar-refractivity contribution in [3.63, 3.8) is 0 Å². The number of para-hydroxylation sites is 1. The Morgan fingerprint density at radius 3 is 2.65 bits per heavy atom. The van der Waals surface area contributed by atoms with E-state index in [9.17, 15) is 5.11 Å². The summed E-state index contributed by atoms with van der Waals surface area (Å²) in [6, 6.07) is 11.7. The highest BCUT2D eigenvalue weighted by atomic mass is 35.5. The van der Waals surface area contributed by atoms with Crippen molar-refractivity contribution in [1.29, 1.82) is 0 Å². The second kappa shape index (κ2) is 7.33. The van der Waals surface area contributed by atoms with E-state index in [0.29, 0.717) is 5.75 Å². The van der Waals surface area contributed by atoms with Crippen LogP contribution in [0.4, 0.5) is 0 Å². The van der Waals surface area contributed by atoms with Crippen LogP contribution in [0, 0.1) is 0 Å². The molecule has 1 aromatic heterocycles. The molecule has 0 radical (unpaired) electrons. The summed E-state index contributed by atoms with van der Waals surface area (Å²) in [6.07, 6.45) is 0.859.